The molecule has 0 saturated carbocycles. The summed E-state index contributed by atoms with van der Waals surface area (Å²) in [7, 11) is 0. The topological polar surface area (TPSA) is 42.3 Å². The average molecular weight is 337 g/mol. The normalized spacial score (nSPS) is 17.5. The molecule has 1 atom stereocenters. The lowest BCUT2D eigenvalue weighted by Crippen LogP contribution is -2.49. The first-order valence-electron chi connectivity index (χ1n) is 6.92. The van der Waals surface area contributed by atoms with Crippen molar-refractivity contribution in [3.05, 3.63) is 68.1 Å². The number of fused-ring (bicyclic) bond motifs is 1. The van der Waals surface area contributed by atoms with Gasteiger partial charge in [0.05, 0.1) is 10.0 Å². The summed E-state index contributed by atoms with van der Waals surface area (Å²) < 4.78 is 1.53. The van der Waals surface area contributed by atoms with Crippen molar-refractivity contribution in [2.75, 3.05) is 0 Å². The standard InChI is InChI=1S/C16H14Cl2N2O2/c1-10-8-20-14(3-2-4-15(20)21)16(22)19(10)9-11-5-6-12(17)13(18)7-11/h2-7,10H,8-9H2,1H3. The van der Waals surface area contributed by atoms with Crippen LogP contribution in [0.3, 0.4) is 0 Å². The molecule has 6 heteroatoms. The highest BCUT2D eigenvalue weighted by molar-refractivity contribution is 6.42. The molecule has 0 radical (unpaired) electrons. The summed E-state index contributed by atoms with van der Waals surface area (Å²) in [5, 5.41) is 0.952. The molecule has 0 bridgehead atoms. The molecule has 22 heavy (non-hydrogen) atoms. The van der Waals surface area contributed by atoms with Gasteiger partial charge in [-0.2, -0.15) is 0 Å². The van der Waals surface area contributed by atoms with Crippen LogP contribution in [-0.2, 0) is 13.1 Å². The molecular weight excluding hydrogens is 323 g/mol. The van der Waals surface area contributed by atoms with E-state index in [2.05, 4.69) is 0 Å². The maximum atomic E-state index is 12.6. The maximum Gasteiger partial charge on any atom is 0.271 e. The number of nitrogens with zero attached hydrogens (tertiary/aromatic N) is 2. The van der Waals surface area contributed by atoms with Crippen molar-refractivity contribution in [1.29, 1.82) is 0 Å². The predicted octanol–water partition coefficient (Wildman–Crippen LogP) is 3.20. The fraction of sp³-hybridized carbons (Fsp3) is 0.250. The fourth-order valence-corrected chi connectivity index (χ4v) is 2.99. The number of amides is 1. The van der Waals surface area contributed by atoms with Gasteiger partial charge in [0, 0.05) is 25.2 Å². The first-order valence-corrected chi connectivity index (χ1v) is 7.67. The summed E-state index contributed by atoms with van der Waals surface area (Å²) in [6, 6.07) is 10.0. The average Bonchev–Trinajstić information content (AvgIpc) is 2.48. The van der Waals surface area contributed by atoms with E-state index in [1.807, 2.05) is 13.0 Å². The Hall–Kier alpha value is -1.78. The predicted molar refractivity (Wildman–Crippen MR) is 86.5 cm³/mol. The third-order valence-electron chi connectivity index (χ3n) is 3.85. The van der Waals surface area contributed by atoms with Crippen LogP contribution in [0.25, 0.3) is 0 Å². The quantitative estimate of drug-likeness (QED) is 0.845. The van der Waals surface area contributed by atoms with E-state index in [0.717, 1.165) is 5.56 Å². The Morgan fingerprint density at radius 1 is 1.14 bits per heavy atom. The second-order valence-corrected chi connectivity index (χ2v) is 6.20. The van der Waals surface area contributed by atoms with Gasteiger partial charge in [-0.3, -0.25) is 9.59 Å². The van der Waals surface area contributed by atoms with Crippen molar-refractivity contribution in [3.63, 3.8) is 0 Å². The summed E-state index contributed by atoms with van der Waals surface area (Å²) in [4.78, 5) is 26.2. The molecular formula is C16H14Cl2N2O2. The van der Waals surface area contributed by atoms with E-state index in [1.165, 1.54) is 10.6 Å². The Morgan fingerprint density at radius 3 is 2.64 bits per heavy atom. The third kappa shape index (κ3) is 2.64. The second-order valence-electron chi connectivity index (χ2n) is 5.39. The van der Waals surface area contributed by atoms with Gasteiger partial charge in [-0.25, -0.2) is 0 Å². The zero-order valence-corrected chi connectivity index (χ0v) is 13.4. The zero-order valence-electron chi connectivity index (χ0n) is 11.9. The van der Waals surface area contributed by atoms with E-state index in [-0.39, 0.29) is 17.5 Å². The van der Waals surface area contributed by atoms with Gasteiger partial charge in [-0.05, 0) is 30.7 Å². The molecule has 0 fully saturated rings. The molecule has 114 valence electrons. The number of carbonyl (C=O) groups is 1. The lowest BCUT2D eigenvalue weighted by Gasteiger charge is -2.35. The highest BCUT2D eigenvalue weighted by Crippen LogP contribution is 2.25. The minimum atomic E-state index is -0.150. The van der Waals surface area contributed by atoms with E-state index >= 15 is 0 Å². The number of aromatic nitrogens is 1. The SMILES string of the molecule is CC1Cn2c(cccc2=O)C(=O)N1Cc1ccc(Cl)c(Cl)c1. The van der Waals surface area contributed by atoms with Gasteiger partial charge >= 0.3 is 0 Å². The maximum absolute atomic E-state index is 12.6. The van der Waals surface area contributed by atoms with Crippen LogP contribution < -0.4 is 5.56 Å². The first-order chi connectivity index (χ1) is 10.5. The molecule has 0 N–H and O–H groups in total. The molecule has 4 nitrogen and oxygen atoms in total. The summed E-state index contributed by atoms with van der Waals surface area (Å²) >= 11 is 11.9. The second kappa shape index (κ2) is 5.78. The zero-order chi connectivity index (χ0) is 15.9. The van der Waals surface area contributed by atoms with Gasteiger partial charge in [0.15, 0.2) is 0 Å². The smallest absolute Gasteiger partial charge is 0.271 e. The van der Waals surface area contributed by atoms with Crippen LogP contribution in [0.4, 0.5) is 0 Å². The summed E-state index contributed by atoms with van der Waals surface area (Å²) in [5.74, 6) is -0.150. The molecule has 0 spiro atoms. The van der Waals surface area contributed by atoms with Gasteiger partial charge in [0.2, 0.25) is 0 Å². The van der Waals surface area contributed by atoms with Crippen molar-refractivity contribution in [1.82, 2.24) is 9.47 Å². The Kier molecular flexibility index (Phi) is 3.98. The molecule has 1 aromatic carbocycles. The largest absolute Gasteiger partial charge is 0.329 e. The monoisotopic (exact) mass is 336 g/mol. The van der Waals surface area contributed by atoms with E-state index in [4.69, 9.17) is 23.2 Å². The van der Waals surface area contributed by atoms with Gasteiger partial charge in [-0.15, -0.1) is 0 Å². The fourth-order valence-electron chi connectivity index (χ4n) is 2.67. The minimum Gasteiger partial charge on any atom is -0.329 e. The summed E-state index contributed by atoms with van der Waals surface area (Å²) in [6.45, 7) is 2.85. The molecule has 0 saturated heterocycles. The molecule has 3 rings (SSSR count). The third-order valence-corrected chi connectivity index (χ3v) is 4.58. The summed E-state index contributed by atoms with van der Waals surface area (Å²) in [5.41, 5.74) is 1.18. The molecule has 1 amide bonds. The van der Waals surface area contributed by atoms with E-state index in [9.17, 15) is 9.59 Å². The Labute approximate surface area is 137 Å². The van der Waals surface area contributed by atoms with Crippen molar-refractivity contribution in [2.24, 2.45) is 0 Å². The minimum absolute atomic E-state index is 0.0745. The number of pyridine rings is 1. The van der Waals surface area contributed by atoms with Crippen molar-refractivity contribution in [3.8, 4) is 0 Å². The molecule has 2 heterocycles. The first kappa shape index (κ1) is 15.1. The molecule has 0 aliphatic carbocycles. The van der Waals surface area contributed by atoms with Crippen LogP contribution in [0.1, 0.15) is 23.0 Å². The molecule has 1 aliphatic rings. The van der Waals surface area contributed by atoms with Gasteiger partial charge < -0.3 is 9.47 Å². The van der Waals surface area contributed by atoms with E-state index in [0.29, 0.717) is 28.8 Å². The highest BCUT2D eigenvalue weighted by atomic mass is 35.5. The van der Waals surface area contributed by atoms with Crippen molar-refractivity contribution >= 4 is 29.1 Å². The van der Waals surface area contributed by atoms with Crippen LogP contribution in [0.5, 0.6) is 0 Å². The highest BCUT2D eigenvalue weighted by Gasteiger charge is 2.30. The number of carbonyl (C=O) groups excluding carboxylic acids is 1. The number of hydrogen-bond donors (Lipinski definition) is 0. The van der Waals surface area contributed by atoms with Crippen LogP contribution >= 0.6 is 23.2 Å². The molecule has 1 unspecified atom stereocenters. The van der Waals surface area contributed by atoms with Gasteiger partial charge in [-0.1, -0.05) is 35.3 Å². The molecule has 2 aromatic rings. The van der Waals surface area contributed by atoms with E-state index < -0.39 is 0 Å². The molecule has 1 aliphatic heterocycles. The van der Waals surface area contributed by atoms with Crippen molar-refractivity contribution in [2.45, 2.75) is 26.1 Å². The van der Waals surface area contributed by atoms with Crippen LogP contribution in [-0.4, -0.2) is 21.4 Å². The number of rotatable bonds is 2. The van der Waals surface area contributed by atoms with Crippen LogP contribution in [0.15, 0.2) is 41.2 Å². The summed E-state index contributed by atoms with van der Waals surface area (Å²) in [6.07, 6.45) is 0. The van der Waals surface area contributed by atoms with E-state index in [1.54, 1.807) is 29.2 Å². The van der Waals surface area contributed by atoms with Crippen LogP contribution in [0.2, 0.25) is 10.0 Å². The number of hydrogen-bond acceptors (Lipinski definition) is 2. The van der Waals surface area contributed by atoms with Gasteiger partial charge in [0.1, 0.15) is 5.69 Å². The number of benzene rings is 1. The molecule has 1 aromatic heterocycles. The number of halogens is 2. The Morgan fingerprint density at radius 2 is 1.91 bits per heavy atom. The Bertz CT molecular complexity index is 801. The van der Waals surface area contributed by atoms with Crippen LogP contribution in [0, 0.1) is 0 Å². The lowest BCUT2D eigenvalue weighted by atomic mass is 10.1. The lowest BCUT2D eigenvalue weighted by molar-refractivity contribution is 0.0590. The van der Waals surface area contributed by atoms with Crippen molar-refractivity contribution < 1.29 is 4.79 Å². The van der Waals surface area contributed by atoms with Gasteiger partial charge in [0.25, 0.3) is 11.5 Å². The Balaban J connectivity index is 1.93.